The molecule has 5 saturated carbocycles. The molecule has 1 unspecified atom stereocenters. The van der Waals surface area contributed by atoms with Crippen molar-refractivity contribution >= 4 is 0 Å². The number of nitrogens with one attached hydrogen (secondary N) is 1. The topological polar surface area (TPSA) is 21.3 Å². The molecule has 0 aromatic heterocycles. The molecule has 0 aromatic rings. The lowest BCUT2D eigenvalue weighted by Crippen LogP contribution is -2.56. The molecule has 21 heavy (non-hydrogen) atoms. The highest BCUT2D eigenvalue weighted by Crippen LogP contribution is 2.61. The molecule has 5 rings (SSSR count). The molecule has 0 aliphatic heterocycles. The zero-order valence-corrected chi connectivity index (χ0v) is 13.9. The van der Waals surface area contributed by atoms with Crippen molar-refractivity contribution in [2.24, 2.45) is 23.2 Å². The van der Waals surface area contributed by atoms with Crippen LogP contribution in [0.1, 0.15) is 71.1 Å². The lowest BCUT2D eigenvalue weighted by molar-refractivity contribution is -0.0735. The summed E-state index contributed by atoms with van der Waals surface area (Å²) in [6, 6.07) is 1.48. The summed E-state index contributed by atoms with van der Waals surface area (Å²) < 4.78 is 5.52. The summed E-state index contributed by atoms with van der Waals surface area (Å²) in [7, 11) is 1.87. The predicted molar refractivity (Wildman–Crippen MR) is 86.3 cm³/mol. The monoisotopic (exact) mass is 291 g/mol. The summed E-state index contributed by atoms with van der Waals surface area (Å²) in [5, 5.41) is 4.06. The first kappa shape index (κ1) is 14.5. The smallest absolute Gasteiger partial charge is 0.0572 e. The van der Waals surface area contributed by atoms with Crippen LogP contribution in [0.4, 0.5) is 0 Å². The Kier molecular flexibility index (Phi) is 3.82. The number of hydrogen-bond donors (Lipinski definition) is 1. The molecule has 1 N–H and O–H groups in total. The van der Waals surface area contributed by atoms with Crippen LogP contribution < -0.4 is 5.32 Å². The molecule has 5 fully saturated rings. The maximum Gasteiger partial charge on any atom is 0.0572 e. The Morgan fingerprint density at radius 2 is 1.43 bits per heavy atom. The highest BCUT2D eigenvalue weighted by molar-refractivity contribution is 5.05. The first-order chi connectivity index (χ1) is 10.2. The molecule has 2 nitrogen and oxygen atoms in total. The molecule has 0 heterocycles. The van der Waals surface area contributed by atoms with E-state index in [4.69, 9.17) is 4.74 Å². The number of methoxy groups -OCH3 is 1. The van der Waals surface area contributed by atoms with Gasteiger partial charge in [-0.1, -0.05) is 0 Å². The molecule has 0 amide bonds. The number of hydrogen-bond acceptors (Lipinski definition) is 2. The average molecular weight is 291 g/mol. The van der Waals surface area contributed by atoms with Crippen LogP contribution in [0.15, 0.2) is 0 Å². The Hall–Kier alpha value is -0.0800. The van der Waals surface area contributed by atoms with Crippen molar-refractivity contribution < 1.29 is 4.74 Å². The van der Waals surface area contributed by atoms with Crippen LogP contribution >= 0.6 is 0 Å². The Labute approximate surface area is 130 Å². The number of ether oxygens (including phenoxy) is 1. The van der Waals surface area contributed by atoms with Gasteiger partial charge >= 0.3 is 0 Å². The third-order valence-electron chi connectivity index (χ3n) is 7.50. The van der Waals surface area contributed by atoms with Crippen LogP contribution in [0.5, 0.6) is 0 Å². The van der Waals surface area contributed by atoms with Gasteiger partial charge in [-0.15, -0.1) is 0 Å². The Balaban J connectivity index is 1.38. The van der Waals surface area contributed by atoms with E-state index in [1.54, 1.807) is 19.3 Å². The van der Waals surface area contributed by atoms with Crippen LogP contribution in [-0.2, 0) is 4.74 Å². The van der Waals surface area contributed by atoms with Crippen LogP contribution in [-0.4, -0.2) is 25.3 Å². The lowest BCUT2D eigenvalue weighted by atomic mass is 9.48. The molecule has 0 spiro atoms. The summed E-state index contributed by atoms with van der Waals surface area (Å²) in [5.41, 5.74) is 0.660. The van der Waals surface area contributed by atoms with Gasteiger partial charge in [-0.25, -0.2) is 0 Å². The molecule has 5 aliphatic carbocycles. The van der Waals surface area contributed by atoms with Gasteiger partial charge in [0.1, 0.15) is 0 Å². The first-order valence-corrected chi connectivity index (χ1v) is 9.46. The minimum Gasteiger partial charge on any atom is -0.381 e. The Morgan fingerprint density at radius 1 is 0.905 bits per heavy atom. The van der Waals surface area contributed by atoms with E-state index < -0.39 is 0 Å². The summed E-state index contributed by atoms with van der Waals surface area (Å²) in [5.74, 6) is 3.22. The summed E-state index contributed by atoms with van der Waals surface area (Å²) in [6.07, 6.45) is 14.9. The van der Waals surface area contributed by atoms with Crippen molar-refractivity contribution in [2.75, 3.05) is 7.11 Å². The molecule has 0 saturated heterocycles. The van der Waals surface area contributed by atoms with Crippen molar-refractivity contribution in [1.82, 2.24) is 5.32 Å². The quantitative estimate of drug-likeness (QED) is 0.840. The van der Waals surface area contributed by atoms with E-state index in [0.29, 0.717) is 11.5 Å². The minimum absolute atomic E-state index is 0.526. The SMILES string of the molecule is COC1CCC(NC(C)C23CC4CC(CC(C4)C2)C3)CC1. The fraction of sp³-hybridized carbons (Fsp3) is 1.00. The van der Waals surface area contributed by atoms with E-state index in [9.17, 15) is 0 Å². The summed E-state index contributed by atoms with van der Waals surface area (Å²) in [6.45, 7) is 2.51. The molecule has 0 aromatic carbocycles. The summed E-state index contributed by atoms with van der Waals surface area (Å²) >= 11 is 0. The van der Waals surface area contributed by atoms with E-state index in [1.807, 2.05) is 7.11 Å². The second kappa shape index (κ2) is 5.53. The Morgan fingerprint density at radius 3 is 1.90 bits per heavy atom. The number of rotatable bonds is 4. The van der Waals surface area contributed by atoms with E-state index in [0.717, 1.165) is 29.8 Å². The molecular weight excluding hydrogens is 258 g/mol. The summed E-state index contributed by atoms with van der Waals surface area (Å²) in [4.78, 5) is 0. The average Bonchev–Trinajstić information content (AvgIpc) is 2.46. The van der Waals surface area contributed by atoms with Crippen molar-refractivity contribution in [3.8, 4) is 0 Å². The van der Waals surface area contributed by atoms with Gasteiger partial charge in [0.15, 0.2) is 0 Å². The molecular formula is C19H33NO. The maximum atomic E-state index is 5.52. The lowest BCUT2D eigenvalue weighted by Gasteiger charge is -2.59. The molecule has 4 bridgehead atoms. The second-order valence-corrected chi connectivity index (χ2v) is 8.88. The van der Waals surface area contributed by atoms with Gasteiger partial charge < -0.3 is 10.1 Å². The second-order valence-electron chi connectivity index (χ2n) is 8.88. The molecule has 2 heteroatoms. The van der Waals surface area contributed by atoms with Crippen molar-refractivity contribution in [3.05, 3.63) is 0 Å². The standard InChI is InChI=1S/C19H33NO/c1-13(20-17-3-5-18(21-2)6-4-17)19-10-14-7-15(11-19)9-16(8-14)12-19/h13-18,20H,3-12H2,1-2H3. The minimum atomic E-state index is 0.526. The zero-order valence-electron chi connectivity index (χ0n) is 13.9. The fourth-order valence-electron chi connectivity index (χ4n) is 6.70. The van der Waals surface area contributed by atoms with Gasteiger partial charge in [0, 0.05) is 19.2 Å². The van der Waals surface area contributed by atoms with Gasteiger partial charge in [0.05, 0.1) is 6.10 Å². The Bertz CT molecular complexity index is 336. The van der Waals surface area contributed by atoms with E-state index in [1.165, 1.54) is 44.9 Å². The normalized spacial score (nSPS) is 50.3. The van der Waals surface area contributed by atoms with Gasteiger partial charge in [0.25, 0.3) is 0 Å². The van der Waals surface area contributed by atoms with Crippen LogP contribution in [0.3, 0.4) is 0 Å². The van der Waals surface area contributed by atoms with E-state index in [2.05, 4.69) is 12.2 Å². The van der Waals surface area contributed by atoms with Crippen LogP contribution in [0.25, 0.3) is 0 Å². The largest absolute Gasteiger partial charge is 0.381 e. The molecule has 120 valence electrons. The molecule has 0 radical (unpaired) electrons. The maximum absolute atomic E-state index is 5.52. The van der Waals surface area contributed by atoms with E-state index >= 15 is 0 Å². The van der Waals surface area contributed by atoms with Crippen molar-refractivity contribution in [2.45, 2.75) is 89.3 Å². The first-order valence-electron chi connectivity index (χ1n) is 9.46. The van der Waals surface area contributed by atoms with Crippen molar-refractivity contribution in [3.63, 3.8) is 0 Å². The zero-order chi connectivity index (χ0) is 14.4. The third-order valence-corrected chi connectivity index (χ3v) is 7.50. The fourth-order valence-corrected chi connectivity index (χ4v) is 6.70. The van der Waals surface area contributed by atoms with E-state index in [-0.39, 0.29) is 0 Å². The predicted octanol–water partition coefficient (Wildman–Crippen LogP) is 4.14. The highest BCUT2D eigenvalue weighted by atomic mass is 16.5. The van der Waals surface area contributed by atoms with Crippen LogP contribution in [0, 0.1) is 23.2 Å². The van der Waals surface area contributed by atoms with Gasteiger partial charge in [-0.05, 0) is 94.3 Å². The van der Waals surface area contributed by atoms with Crippen molar-refractivity contribution in [1.29, 1.82) is 0 Å². The molecule has 1 atom stereocenters. The highest BCUT2D eigenvalue weighted by Gasteiger charge is 2.53. The van der Waals surface area contributed by atoms with Gasteiger partial charge in [-0.2, -0.15) is 0 Å². The van der Waals surface area contributed by atoms with Gasteiger partial charge in [-0.3, -0.25) is 0 Å². The van der Waals surface area contributed by atoms with Crippen LogP contribution in [0.2, 0.25) is 0 Å². The van der Waals surface area contributed by atoms with Gasteiger partial charge in [0.2, 0.25) is 0 Å². The molecule has 5 aliphatic rings. The third kappa shape index (κ3) is 2.67.